The van der Waals surface area contributed by atoms with E-state index in [0.29, 0.717) is 10.7 Å². The number of Topliss-reactive ketones (excluding diaryl/α,β-unsaturated/α-hetero) is 1. The summed E-state index contributed by atoms with van der Waals surface area (Å²) in [5.41, 5.74) is 0.766. The number of halogens is 4. The molecule has 2 heterocycles. The first-order valence-corrected chi connectivity index (χ1v) is 7.59. The van der Waals surface area contributed by atoms with Gasteiger partial charge in [-0.25, -0.2) is 0 Å². The Morgan fingerprint density at radius 3 is 2.50 bits per heavy atom. The van der Waals surface area contributed by atoms with Crippen molar-refractivity contribution < 1.29 is 22.7 Å². The highest BCUT2D eigenvalue weighted by Gasteiger charge is 2.46. The normalized spacial score (nSPS) is 22.3. The van der Waals surface area contributed by atoms with Crippen LogP contribution in [0.3, 0.4) is 0 Å². The standard InChI is InChI=1S/C15H15ClF3NO2/c16-10-6-9-12(21)8-14(15(17,18)19)22-13(9)7-11(10)20-4-2-1-3-5-20/h6-7,14H,1-5,8H2. The average molecular weight is 334 g/mol. The van der Waals surface area contributed by atoms with Crippen LogP contribution in [0.1, 0.15) is 36.0 Å². The van der Waals surface area contributed by atoms with E-state index in [-0.39, 0.29) is 11.3 Å². The highest BCUT2D eigenvalue weighted by Crippen LogP contribution is 2.40. The molecule has 0 aromatic heterocycles. The molecule has 0 bridgehead atoms. The molecule has 7 heteroatoms. The number of hydrogen-bond donors (Lipinski definition) is 0. The Balaban J connectivity index is 1.95. The van der Waals surface area contributed by atoms with Crippen LogP contribution in [0, 0.1) is 0 Å². The summed E-state index contributed by atoms with van der Waals surface area (Å²) in [7, 11) is 0. The lowest BCUT2D eigenvalue weighted by atomic mass is 9.99. The van der Waals surface area contributed by atoms with Crippen molar-refractivity contribution in [3.05, 3.63) is 22.7 Å². The molecular formula is C15H15ClF3NO2. The monoisotopic (exact) mass is 333 g/mol. The Kier molecular flexibility index (Phi) is 3.97. The van der Waals surface area contributed by atoms with Crippen LogP contribution < -0.4 is 9.64 Å². The first kappa shape index (κ1) is 15.5. The van der Waals surface area contributed by atoms with Crippen molar-refractivity contribution in [3.8, 4) is 5.75 Å². The average Bonchev–Trinajstić information content (AvgIpc) is 2.47. The number of carbonyl (C=O) groups excluding carboxylic acids is 1. The molecule has 3 nitrogen and oxygen atoms in total. The Morgan fingerprint density at radius 1 is 1.18 bits per heavy atom. The van der Waals surface area contributed by atoms with Crippen LogP contribution >= 0.6 is 11.6 Å². The largest absolute Gasteiger partial charge is 0.480 e. The molecule has 2 aliphatic heterocycles. The van der Waals surface area contributed by atoms with Gasteiger partial charge in [0.15, 0.2) is 5.78 Å². The number of piperidine rings is 1. The van der Waals surface area contributed by atoms with Crippen LogP contribution in [-0.2, 0) is 0 Å². The van der Waals surface area contributed by atoms with Gasteiger partial charge in [0.25, 0.3) is 0 Å². The van der Waals surface area contributed by atoms with Gasteiger partial charge in [0.2, 0.25) is 6.10 Å². The minimum absolute atomic E-state index is 0.0245. The van der Waals surface area contributed by atoms with Crippen LogP contribution in [-0.4, -0.2) is 31.2 Å². The second-order valence-corrected chi connectivity index (χ2v) is 6.03. The maximum atomic E-state index is 12.8. The van der Waals surface area contributed by atoms with Gasteiger partial charge in [-0.3, -0.25) is 4.79 Å². The molecule has 2 aliphatic rings. The van der Waals surface area contributed by atoms with Crippen molar-refractivity contribution in [2.45, 2.75) is 38.0 Å². The SMILES string of the molecule is O=C1CC(C(F)(F)F)Oc2cc(N3CCCCC3)c(Cl)cc21. The van der Waals surface area contributed by atoms with Gasteiger partial charge in [-0.05, 0) is 25.3 Å². The Labute approximate surface area is 131 Å². The topological polar surface area (TPSA) is 29.5 Å². The molecular weight excluding hydrogens is 319 g/mol. The zero-order chi connectivity index (χ0) is 15.9. The van der Waals surface area contributed by atoms with Crippen LogP contribution in [0.2, 0.25) is 5.02 Å². The van der Waals surface area contributed by atoms with E-state index in [0.717, 1.165) is 32.4 Å². The molecule has 22 heavy (non-hydrogen) atoms. The molecule has 0 spiro atoms. The second-order valence-electron chi connectivity index (χ2n) is 5.62. The van der Waals surface area contributed by atoms with Gasteiger partial charge >= 0.3 is 6.18 Å². The first-order chi connectivity index (χ1) is 10.4. The van der Waals surface area contributed by atoms with E-state index >= 15 is 0 Å². The van der Waals surface area contributed by atoms with Crippen LogP contribution in [0.25, 0.3) is 0 Å². The van der Waals surface area contributed by atoms with E-state index < -0.39 is 24.5 Å². The van der Waals surface area contributed by atoms with Crippen LogP contribution in [0.5, 0.6) is 5.75 Å². The second kappa shape index (κ2) is 5.65. The number of anilines is 1. The molecule has 3 rings (SSSR count). The summed E-state index contributed by atoms with van der Waals surface area (Å²) in [6, 6.07) is 2.90. The fraction of sp³-hybridized carbons (Fsp3) is 0.533. The molecule has 0 N–H and O–H groups in total. The summed E-state index contributed by atoms with van der Waals surface area (Å²) in [6.45, 7) is 1.60. The van der Waals surface area contributed by atoms with Crippen LogP contribution in [0.4, 0.5) is 18.9 Å². The Bertz CT molecular complexity index is 597. The highest BCUT2D eigenvalue weighted by molar-refractivity contribution is 6.33. The third-order valence-electron chi connectivity index (χ3n) is 4.05. The van der Waals surface area contributed by atoms with Gasteiger partial charge in [-0.15, -0.1) is 0 Å². The van der Waals surface area contributed by atoms with E-state index in [1.54, 1.807) is 0 Å². The summed E-state index contributed by atoms with van der Waals surface area (Å²) < 4.78 is 43.5. The van der Waals surface area contributed by atoms with E-state index in [2.05, 4.69) is 0 Å². The maximum absolute atomic E-state index is 12.8. The van der Waals surface area contributed by atoms with Crippen molar-refractivity contribution in [3.63, 3.8) is 0 Å². The summed E-state index contributed by atoms with van der Waals surface area (Å²) in [5.74, 6) is -0.612. The molecule has 0 amide bonds. The molecule has 1 atom stereocenters. The smallest absolute Gasteiger partial charge is 0.425 e. The van der Waals surface area contributed by atoms with Gasteiger partial charge in [0.05, 0.1) is 22.7 Å². The molecule has 1 aromatic rings. The number of ketones is 1. The zero-order valence-electron chi connectivity index (χ0n) is 11.8. The molecule has 1 aromatic carbocycles. The molecule has 120 valence electrons. The molecule has 0 saturated carbocycles. The summed E-state index contributed by atoms with van der Waals surface area (Å²) in [5, 5.41) is 0.378. The predicted octanol–water partition coefficient (Wildman–Crippen LogP) is 4.23. The number of hydrogen-bond acceptors (Lipinski definition) is 3. The first-order valence-electron chi connectivity index (χ1n) is 7.21. The van der Waals surface area contributed by atoms with Crippen molar-refractivity contribution >= 4 is 23.1 Å². The highest BCUT2D eigenvalue weighted by atomic mass is 35.5. The Hall–Kier alpha value is -1.43. The van der Waals surface area contributed by atoms with Gasteiger partial charge in [-0.1, -0.05) is 11.6 Å². The lowest BCUT2D eigenvalue weighted by Crippen LogP contribution is -2.39. The van der Waals surface area contributed by atoms with Crippen LogP contribution in [0.15, 0.2) is 12.1 Å². The fourth-order valence-corrected chi connectivity index (χ4v) is 3.17. The van der Waals surface area contributed by atoms with E-state index in [1.165, 1.54) is 12.1 Å². The number of alkyl halides is 3. The minimum atomic E-state index is -4.56. The van der Waals surface area contributed by atoms with Gasteiger partial charge in [-0.2, -0.15) is 13.2 Å². The quantitative estimate of drug-likeness (QED) is 0.770. The van der Waals surface area contributed by atoms with Crippen molar-refractivity contribution in [2.75, 3.05) is 18.0 Å². The summed E-state index contributed by atoms with van der Waals surface area (Å²) in [4.78, 5) is 14.0. The summed E-state index contributed by atoms with van der Waals surface area (Å²) >= 11 is 6.21. The molecule has 0 aliphatic carbocycles. The number of carbonyl (C=O) groups is 1. The predicted molar refractivity (Wildman–Crippen MR) is 76.9 cm³/mol. The number of nitrogens with zero attached hydrogens (tertiary/aromatic N) is 1. The van der Waals surface area contributed by atoms with E-state index in [4.69, 9.17) is 16.3 Å². The van der Waals surface area contributed by atoms with Gasteiger partial charge < -0.3 is 9.64 Å². The van der Waals surface area contributed by atoms with Gasteiger partial charge in [0.1, 0.15) is 5.75 Å². The van der Waals surface area contributed by atoms with Crippen molar-refractivity contribution in [2.24, 2.45) is 0 Å². The number of ether oxygens (including phenoxy) is 1. The zero-order valence-corrected chi connectivity index (χ0v) is 12.5. The third-order valence-corrected chi connectivity index (χ3v) is 4.35. The number of benzene rings is 1. The molecule has 1 fully saturated rings. The lowest BCUT2D eigenvalue weighted by Gasteiger charge is -2.32. The third kappa shape index (κ3) is 2.89. The molecule has 1 saturated heterocycles. The van der Waals surface area contributed by atoms with Gasteiger partial charge in [0, 0.05) is 19.2 Å². The fourth-order valence-electron chi connectivity index (χ4n) is 2.89. The van der Waals surface area contributed by atoms with Crippen molar-refractivity contribution in [1.29, 1.82) is 0 Å². The minimum Gasteiger partial charge on any atom is -0.480 e. The number of rotatable bonds is 1. The van der Waals surface area contributed by atoms with E-state index in [1.807, 2.05) is 4.90 Å². The van der Waals surface area contributed by atoms with E-state index in [9.17, 15) is 18.0 Å². The maximum Gasteiger partial charge on any atom is 0.425 e. The molecule has 0 radical (unpaired) electrons. The number of fused-ring (bicyclic) bond motifs is 1. The lowest BCUT2D eigenvalue weighted by molar-refractivity contribution is -0.195. The Morgan fingerprint density at radius 2 is 1.86 bits per heavy atom. The summed E-state index contributed by atoms with van der Waals surface area (Å²) in [6.07, 6.45) is -4.18. The molecule has 1 unspecified atom stereocenters. The van der Waals surface area contributed by atoms with Crippen molar-refractivity contribution in [1.82, 2.24) is 0 Å².